The summed E-state index contributed by atoms with van der Waals surface area (Å²) in [7, 11) is 0. The maximum absolute atomic E-state index is 11.9. The van der Waals surface area contributed by atoms with E-state index in [0.29, 0.717) is 5.69 Å². The van der Waals surface area contributed by atoms with Crippen molar-refractivity contribution in [3.63, 3.8) is 0 Å². The summed E-state index contributed by atoms with van der Waals surface area (Å²) in [5.74, 6) is -0.675. The van der Waals surface area contributed by atoms with E-state index < -0.39 is 18.5 Å². The maximum Gasteiger partial charge on any atom is 0.389 e. The minimum atomic E-state index is -4.15. The Bertz CT molecular complexity index is 432. The predicted molar refractivity (Wildman–Crippen MR) is 63.2 cm³/mol. The van der Waals surface area contributed by atoms with Crippen LogP contribution in [0.3, 0.4) is 0 Å². The monoisotopic (exact) mass is 261 g/mol. The van der Waals surface area contributed by atoms with Crippen LogP contribution in [0.25, 0.3) is 0 Å². The van der Waals surface area contributed by atoms with Gasteiger partial charge in [-0.25, -0.2) is 0 Å². The van der Waals surface area contributed by atoms with Crippen molar-refractivity contribution in [3.8, 4) is 0 Å². The molecule has 100 valence electrons. The number of benzene rings is 1. The molecule has 0 aliphatic carbocycles. The zero-order valence-electron chi connectivity index (χ0n) is 9.55. The Kier molecular flexibility index (Phi) is 4.41. The maximum atomic E-state index is 11.9. The molecule has 0 aliphatic heterocycles. The summed E-state index contributed by atoms with van der Waals surface area (Å²) >= 11 is 0. The smallest absolute Gasteiger partial charge is 0.389 e. The number of hydrogen-bond donors (Lipinski definition) is 3. The van der Waals surface area contributed by atoms with Crippen molar-refractivity contribution in [3.05, 3.63) is 23.8 Å². The molecular weight excluding hydrogens is 247 g/mol. The van der Waals surface area contributed by atoms with Gasteiger partial charge in [0.25, 0.3) is 5.91 Å². The second-order valence-electron chi connectivity index (χ2n) is 3.81. The number of carbonyl (C=O) groups is 1. The summed E-state index contributed by atoms with van der Waals surface area (Å²) in [5.41, 5.74) is 11.5. The van der Waals surface area contributed by atoms with E-state index in [-0.39, 0.29) is 24.2 Å². The van der Waals surface area contributed by atoms with E-state index in [1.165, 1.54) is 12.1 Å². The zero-order chi connectivity index (χ0) is 13.8. The van der Waals surface area contributed by atoms with Gasteiger partial charge in [-0.05, 0) is 24.6 Å². The molecule has 0 aliphatic rings. The number of nitrogen functional groups attached to an aromatic ring is 1. The van der Waals surface area contributed by atoms with Crippen LogP contribution >= 0.6 is 0 Å². The summed E-state index contributed by atoms with van der Waals surface area (Å²) in [4.78, 5) is 11.0. The molecule has 0 bridgehead atoms. The van der Waals surface area contributed by atoms with Gasteiger partial charge in [-0.15, -0.1) is 0 Å². The van der Waals surface area contributed by atoms with Crippen LogP contribution in [0, 0.1) is 0 Å². The van der Waals surface area contributed by atoms with Crippen molar-refractivity contribution < 1.29 is 18.0 Å². The van der Waals surface area contributed by atoms with Gasteiger partial charge in [0.15, 0.2) is 0 Å². The molecule has 1 aromatic carbocycles. The number of carbonyl (C=O) groups excluding carboxylic acids is 1. The molecule has 0 radical (unpaired) electrons. The molecule has 1 amide bonds. The first kappa shape index (κ1) is 14.1. The Hall–Kier alpha value is -1.92. The highest BCUT2D eigenvalue weighted by Crippen LogP contribution is 2.22. The number of nitrogens with one attached hydrogen (secondary N) is 1. The lowest BCUT2D eigenvalue weighted by molar-refractivity contribution is -0.134. The van der Waals surface area contributed by atoms with Gasteiger partial charge < -0.3 is 16.8 Å². The summed E-state index contributed by atoms with van der Waals surface area (Å²) in [6.45, 7) is 0.154. The van der Waals surface area contributed by atoms with Crippen molar-refractivity contribution in [1.82, 2.24) is 0 Å². The van der Waals surface area contributed by atoms with E-state index in [0.717, 1.165) is 0 Å². The number of nitrogens with two attached hydrogens (primary N) is 2. The molecule has 1 aromatic rings. The van der Waals surface area contributed by atoms with Gasteiger partial charge in [-0.3, -0.25) is 4.79 Å². The highest BCUT2D eigenvalue weighted by atomic mass is 19.4. The van der Waals surface area contributed by atoms with Crippen molar-refractivity contribution in [1.29, 1.82) is 0 Å². The Balaban J connectivity index is 2.53. The fourth-order valence-electron chi connectivity index (χ4n) is 1.40. The summed E-state index contributed by atoms with van der Waals surface area (Å²) in [6, 6.07) is 4.48. The normalized spacial score (nSPS) is 11.3. The second-order valence-corrected chi connectivity index (χ2v) is 3.81. The summed E-state index contributed by atoms with van der Waals surface area (Å²) in [5, 5.41) is 2.78. The van der Waals surface area contributed by atoms with Crippen LogP contribution in [0.2, 0.25) is 0 Å². The Morgan fingerprint density at radius 3 is 2.56 bits per heavy atom. The number of halogens is 3. The van der Waals surface area contributed by atoms with Gasteiger partial charge in [0.05, 0.1) is 5.56 Å². The third kappa shape index (κ3) is 4.52. The Morgan fingerprint density at radius 2 is 2.00 bits per heavy atom. The highest BCUT2D eigenvalue weighted by molar-refractivity contribution is 5.98. The molecule has 0 spiro atoms. The SMILES string of the molecule is NC(=O)c1cc(NCCCC(F)(F)F)ccc1N. The average Bonchev–Trinajstić information content (AvgIpc) is 2.24. The van der Waals surface area contributed by atoms with Crippen LogP contribution in [-0.2, 0) is 0 Å². The lowest BCUT2D eigenvalue weighted by atomic mass is 10.1. The Morgan fingerprint density at radius 1 is 1.33 bits per heavy atom. The van der Waals surface area contributed by atoms with Crippen molar-refractivity contribution >= 4 is 17.3 Å². The van der Waals surface area contributed by atoms with Gasteiger partial charge in [0, 0.05) is 24.3 Å². The van der Waals surface area contributed by atoms with Crippen molar-refractivity contribution in [2.45, 2.75) is 19.0 Å². The third-order valence-corrected chi connectivity index (χ3v) is 2.28. The van der Waals surface area contributed by atoms with Crippen LogP contribution in [0.4, 0.5) is 24.5 Å². The number of anilines is 2. The number of amides is 1. The van der Waals surface area contributed by atoms with Gasteiger partial charge in [0.1, 0.15) is 0 Å². The number of rotatable bonds is 5. The predicted octanol–water partition coefficient (Wildman–Crippen LogP) is 2.12. The minimum absolute atomic E-state index is 0.0419. The van der Waals surface area contributed by atoms with E-state index in [2.05, 4.69) is 5.32 Å². The molecule has 0 atom stereocenters. The summed E-state index contributed by atoms with van der Waals surface area (Å²) < 4.78 is 35.7. The van der Waals surface area contributed by atoms with Gasteiger partial charge in [0.2, 0.25) is 0 Å². The first-order chi connectivity index (χ1) is 8.29. The highest BCUT2D eigenvalue weighted by Gasteiger charge is 2.25. The van der Waals surface area contributed by atoms with Crippen LogP contribution in [0.15, 0.2) is 18.2 Å². The van der Waals surface area contributed by atoms with Crippen LogP contribution in [0.5, 0.6) is 0 Å². The molecule has 4 nitrogen and oxygen atoms in total. The standard InChI is InChI=1S/C11H14F3N3O/c12-11(13,14)4-1-5-17-7-2-3-9(15)8(6-7)10(16)18/h2-3,6,17H,1,4-5,15H2,(H2,16,18). The quantitative estimate of drug-likeness (QED) is 0.561. The molecular formula is C11H14F3N3O. The molecule has 5 N–H and O–H groups in total. The van der Waals surface area contributed by atoms with Gasteiger partial charge in [-0.2, -0.15) is 13.2 Å². The molecule has 0 saturated carbocycles. The van der Waals surface area contributed by atoms with Crippen molar-refractivity contribution in [2.75, 3.05) is 17.6 Å². The number of alkyl halides is 3. The van der Waals surface area contributed by atoms with Gasteiger partial charge in [-0.1, -0.05) is 0 Å². The topological polar surface area (TPSA) is 81.1 Å². The van der Waals surface area contributed by atoms with Crippen LogP contribution in [-0.4, -0.2) is 18.6 Å². The van der Waals surface area contributed by atoms with E-state index >= 15 is 0 Å². The molecule has 0 unspecified atom stereocenters. The van der Waals surface area contributed by atoms with Gasteiger partial charge >= 0.3 is 6.18 Å². The second kappa shape index (κ2) is 5.61. The largest absolute Gasteiger partial charge is 0.398 e. The fourth-order valence-corrected chi connectivity index (χ4v) is 1.40. The number of primary amides is 1. The minimum Gasteiger partial charge on any atom is -0.398 e. The first-order valence-electron chi connectivity index (χ1n) is 5.29. The zero-order valence-corrected chi connectivity index (χ0v) is 9.55. The molecule has 0 heterocycles. The lowest BCUT2D eigenvalue weighted by Crippen LogP contribution is -2.14. The molecule has 0 saturated heterocycles. The molecule has 0 fully saturated rings. The fraction of sp³-hybridized carbons (Fsp3) is 0.364. The van der Waals surface area contributed by atoms with E-state index in [9.17, 15) is 18.0 Å². The average molecular weight is 261 g/mol. The van der Waals surface area contributed by atoms with E-state index in [4.69, 9.17) is 11.5 Å². The number of hydrogen-bond acceptors (Lipinski definition) is 3. The van der Waals surface area contributed by atoms with Crippen LogP contribution < -0.4 is 16.8 Å². The molecule has 18 heavy (non-hydrogen) atoms. The van der Waals surface area contributed by atoms with Crippen molar-refractivity contribution in [2.24, 2.45) is 5.73 Å². The lowest BCUT2D eigenvalue weighted by Gasteiger charge is -2.10. The van der Waals surface area contributed by atoms with E-state index in [1.54, 1.807) is 6.07 Å². The molecule has 0 aromatic heterocycles. The third-order valence-electron chi connectivity index (χ3n) is 2.28. The van der Waals surface area contributed by atoms with E-state index in [1.807, 2.05) is 0 Å². The Labute approximate surface area is 102 Å². The first-order valence-corrected chi connectivity index (χ1v) is 5.29. The summed E-state index contributed by atoms with van der Waals surface area (Å²) in [6.07, 6.45) is -5.04. The van der Waals surface area contributed by atoms with Crippen LogP contribution in [0.1, 0.15) is 23.2 Å². The molecule has 7 heteroatoms. The molecule has 1 rings (SSSR count).